The highest BCUT2D eigenvalue weighted by molar-refractivity contribution is 6.30. The summed E-state index contributed by atoms with van der Waals surface area (Å²) in [5, 5.41) is 12.1. The number of carbonyl (C=O) groups is 1. The van der Waals surface area contributed by atoms with E-state index >= 15 is 0 Å². The third-order valence-electron chi connectivity index (χ3n) is 5.95. The van der Waals surface area contributed by atoms with E-state index in [9.17, 15) is 9.90 Å². The van der Waals surface area contributed by atoms with Crippen molar-refractivity contribution in [3.63, 3.8) is 0 Å². The molecule has 0 spiro atoms. The van der Waals surface area contributed by atoms with Gasteiger partial charge in [0.25, 0.3) is 0 Å². The highest BCUT2D eigenvalue weighted by Gasteiger charge is 2.50. The number of carboxylic acid groups (broad SMARTS) is 1. The average Bonchev–Trinajstić information content (AvgIpc) is 2.52. The van der Waals surface area contributed by atoms with Crippen LogP contribution in [0.25, 0.3) is 0 Å². The number of carboxylic acids is 1. The van der Waals surface area contributed by atoms with Gasteiger partial charge >= 0.3 is 0 Å². The molecule has 3 atom stereocenters. The monoisotopic (exact) mass is 347 g/mol. The van der Waals surface area contributed by atoms with Gasteiger partial charge in [-0.05, 0) is 73.6 Å². The van der Waals surface area contributed by atoms with E-state index < -0.39 is 12.1 Å². The molecule has 0 heterocycles. The van der Waals surface area contributed by atoms with Crippen LogP contribution in [0, 0.1) is 24.2 Å². The minimum absolute atomic E-state index is 0.356. The lowest BCUT2D eigenvalue weighted by atomic mass is 9.48. The van der Waals surface area contributed by atoms with Gasteiger partial charge in [-0.3, -0.25) is 0 Å². The fourth-order valence-corrected chi connectivity index (χ4v) is 4.41. The van der Waals surface area contributed by atoms with Crippen LogP contribution in [0.5, 0.6) is 5.75 Å². The molecule has 3 aliphatic carbocycles. The van der Waals surface area contributed by atoms with E-state index in [-0.39, 0.29) is 0 Å². The average molecular weight is 348 g/mol. The lowest BCUT2D eigenvalue weighted by Gasteiger charge is -2.56. The molecule has 0 radical (unpaired) electrons. The largest absolute Gasteiger partial charge is 0.546 e. The van der Waals surface area contributed by atoms with Crippen molar-refractivity contribution < 1.29 is 14.6 Å². The maximum absolute atomic E-state index is 11.5. The second kappa shape index (κ2) is 6.44. The Balaban J connectivity index is 1.65. The molecule has 130 valence electrons. The minimum atomic E-state index is -1.16. The zero-order valence-electron chi connectivity index (χ0n) is 14.5. The highest BCUT2D eigenvalue weighted by atomic mass is 35.5. The summed E-state index contributed by atoms with van der Waals surface area (Å²) in [5.41, 5.74) is 2.58. The molecular formula is C20H24ClO3-. The molecule has 1 aromatic carbocycles. The molecule has 0 aliphatic heterocycles. The summed E-state index contributed by atoms with van der Waals surface area (Å²) in [5.74, 6) is 0.772. The molecule has 1 saturated carbocycles. The van der Waals surface area contributed by atoms with Gasteiger partial charge in [-0.1, -0.05) is 37.1 Å². The van der Waals surface area contributed by atoms with E-state index in [0.717, 1.165) is 24.3 Å². The lowest BCUT2D eigenvalue weighted by molar-refractivity contribution is -0.313. The van der Waals surface area contributed by atoms with Gasteiger partial charge in [-0.2, -0.15) is 0 Å². The first-order chi connectivity index (χ1) is 11.3. The molecule has 2 bridgehead atoms. The number of hydrogen-bond donors (Lipinski definition) is 0. The van der Waals surface area contributed by atoms with E-state index in [1.165, 1.54) is 12.0 Å². The van der Waals surface area contributed by atoms with Crippen molar-refractivity contribution in [1.82, 2.24) is 0 Å². The standard InChI is InChI=1S/C20H25ClO3/c1-12-10-15(21)7-9-17(12)24-18(19(22)23)8-5-13-4-6-14-11-16(13)20(14,2)3/h4,7,9-10,14,16,18H,5-6,8,11H2,1-3H3,(H,22,23)/p-1. The quantitative estimate of drug-likeness (QED) is 0.733. The van der Waals surface area contributed by atoms with Crippen molar-refractivity contribution in [2.45, 2.75) is 52.6 Å². The molecule has 24 heavy (non-hydrogen) atoms. The summed E-state index contributed by atoms with van der Waals surface area (Å²) in [6.07, 6.45) is 4.92. The zero-order chi connectivity index (χ0) is 17.5. The first-order valence-electron chi connectivity index (χ1n) is 8.61. The van der Waals surface area contributed by atoms with E-state index in [1.807, 2.05) is 6.92 Å². The third-order valence-corrected chi connectivity index (χ3v) is 6.18. The van der Waals surface area contributed by atoms with Crippen molar-refractivity contribution in [2.24, 2.45) is 17.3 Å². The molecule has 4 heteroatoms. The third kappa shape index (κ3) is 3.19. The number of ether oxygens (including phenoxy) is 1. The molecule has 3 aliphatic rings. The van der Waals surface area contributed by atoms with Crippen LogP contribution >= 0.6 is 11.6 Å². The molecular weight excluding hydrogens is 324 g/mol. The Kier molecular flexibility index (Phi) is 4.65. The van der Waals surface area contributed by atoms with Crippen LogP contribution in [0.3, 0.4) is 0 Å². The van der Waals surface area contributed by atoms with Crippen LogP contribution in [0.2, 0.25) is 5.02 Å². The molecule has 0 aromatic heterocycles. The Morgan fingerprint density at radius 1 is 1.46 bits per heavy atom. The van der Waals surface area contributed by atoms with Gasteiger partial charge in [0.2, 0.25) is 0 Å². The second-order valence-corrected chi connectivity index (χ2v) is 8.13. The summed E-state index contributed by atoms with van der Waals surface area (Å²) < 4.78 is 5.70. The molecule has 3 unspecified atom stereocenters. The Morgan fingerprint density at radius 2 is 2.21 bits per heavy atom. The van der Waals surface area contributed by atoms with Crippen LogP contribution in [0.1, 0.15) is 45.1 Å². The predicted molar refractivity (Wildman–Crippen MR) is 92.9 cm³/mol. The number of rotatable bonds is 6. The van der Waals surface area contributed by atoms with Gasteiger partial charge in [-0.15, -0.1) is 0 Å². The topological polar surface area (TPSA) is 49.4 Å². The normalized spacial score (nSPS) is 25.4. The van der Waals surface area contributed by atoms with Crippen LogP contribution in [0.15, 0.2) is 29.8 Å². The van der Waals surface area contributed by atoms with E-state index in [0.29, 0.717) is 28.5 Å². The van der Waals surface area contributed by atoms with Gasteiger partial charge in [0.1, 0.15) is 11.9 Å². The Bertz CT molecular complexity index is 677. The minimum Gasteiger partial charge on any atom is -0.546 e. The Hall–Kier alpha value is -1.48. The first-order valence-corrected chi connectivity index (χ1v) is 8.99. The summed E-state index contributed by atoms with van der Waals surface area (Å²) in [6.45, 7) is 6.50. The number of aliphatic carboxylic acids is 1. The van der Waals surface area contributed by atoms with E-state index in [4.69, 9.17) is 16.3 Å². The summed E-state index contributed by atoms with van der Waals surface area (Å²) in [6, 6.07) is 5.19. The number of aryl methyl sites for hydroxylation is 1. The molecule has 0 saturated heterocycles. The van der Waals surface area contributed by atoms with Crippen LogP contribution < -0.4 is 9.84 Å². The van der Waals surface area contributed by atoms with Crippen LogP contribution in [-0.4, -0.2) is 12.1 Å². The number of halogens is 1. The van der Waals surface area contributed by atoms with Crippen molar-refractivity contribution in [2.75, 3.05) is 0 Å². The number of benzene rings is 1. The predicted octanol–water partition coefficient (Wildman–Crippen LogP) is 3.92. The number of allylic oxidation sites excluding steroid dienone is 2. The van der Waals surface area contributed by atoms with Crippen molar-refractivity contribution in [3.8, 4) is 5.75 Å². The summed E-state index contributed by atoms with van der Waals surface area (Å²) in [4.78, 5) is 11.5. The molecule has 4 rings (SSSR count). The lowest BCUT2D eigenvalue weighted by Crippen LogP contribution is -2.48. The Morgan fingerprint density at radius 3 is 2.79 bits per heavy atom. The maximum Gasteiger partial charge on any atom is 0.138 e. The number of fused-ring (bicyclic) bond motifs is 1. The maximum atomic E-state index is 11.5. The van der Waals surface area contributed by atoms with Gasteiger partial charge in [-0.25, -0.2) is 0 Å². The van der Waals surface area contributed by atoms with Crippen LogP contribution in [-0.2, 0) is 4.79 Å². The first kappa shape index (κ1) is 17.3. The fraction of sp³-hybridized carbons (Fsp3) is 0.550. The van der Waals surface area contributed by atoms with Gasteiger partial charge in [0, 0.05) is 5.02 Å². The highest BCUT2D eigenvalue weighted by Crippen LogP contribution is 2.59. The van der Waals surface area contributed by atoms with Gasteiger partial charge in [0.15, 0.2) is 0 Å². The van der Waals surface area contributed by atoms with E-state index in [2.05, 4.69) is 19.9 Å². The van der Waals surface area contributed by atoms with Gasteiger partial charge in [0.05, 0.1) is 5.97 Å². The fourth-order valence-electron chi connectivity index (χ4n) is 4.18. The molecule has 1 aromatic rings. The number of carbonyl (C=O) groups excluding carboxylic acids is 1. The smallest absolute Gasteiger partial charge is 0.138 e. The van der Waals surface area contributed by atoms with Gasteiger partial charge < -0.3 is 14.6 Å². The number of hydrogen-bond acceptors (Lipinski definition) is 3. The summed E-state index contributed by atoms with van der Waals surface area (Å²) in [7, 11) is 0. The van der Waals surface area contributed by atoms with Crippen molar-refractivity contribution in [3.05, 3.63) is 40.4 Å². The summed E-state index contributed by atoms with van der Waals surface area (Å²) >= 11 is 5.93. The molecule has 0 N–H and O–H groups in total. The Labute approximate surface area is 148 Å². The molecule has 3 nitrogen and oxygen atoms in total. The zero-order valence-corrected chi connectivity index (χ0v) is 15.2. The van der Waals surface area contributed by atoms with Crippen molar-refractivity contribution >= 4 is 17.6 Å². The molecule has 1 fully saturated rings. The second-order valence-electron chi connectivity index (χ2n) is 7.70. The SMILES string of the molecule is Cc1cc(Cl)ccc1OC(CCC1=CCC2CC1C2(C)C)C(=O)[O-]. The van der Waals surface area contributed by atoms with E-state index in [1.54, 1.807) is 18.2 Å². The molecule has 0 amide bonds. The van der Waals surface area contributed by atoms with Crippen molar-refractivity contribution in [1.29, 1.82) is 0 Å². The van der Waals surface area contributed by atoms with Crippen LogP contribution in [0.4, 0.5) is 0 Å².